The maximum Gasteiger partial charge on any atom is 0.341 e. The van der Waals surface area contributed by atoms with Gasteiger partial charge < -0.3 is 35.2 Å². The predicted octanol–water partition coefficient (Wildman–Crippen LogP) is 4.09. The summed E-state index contributed by atoms with van der Waals surface area (Å²) >= 11 is 0. The van der Waals surface area contributed by atoms with E-state index in [1.165, 1.54) is 6.07 Å². The van der Waals surface area contributed by atoms with E-state index in [-0.39, 0.29) is 52.0 Å². The highest BCUT2D eigenvalue weighted by Crippen LogP contribution is 2.59. The standard InChI is InChI=1S/C32H36N2O7/c1-15-11-20(35)25-21(38-15)14-22-26(27(25)36)24-17-7-9-19(10-8-17)32(30(37)39-28(24)31(2,3)40-22)23(41-32)13-16-5-4-6-18(12-16)29(33)34/h4-6,11-12,14,17,19,23-24,28-29,36H,7-10,13,33-34H2,1-3H3/t17?,19?,23-,24+,28-,32-/m1/s1. The lowest BCUT2D eigenvalue weighted by molar-refractivity contribution is -0.172. The van der Waals surface area contributed by atoms with Gasteiger partial charge in [0, 0.05) is 36.0 Å². The van der Waals surface area contributed by atoms with Crippen LogP contribution in [0.25, 0.3) is 11.0 Å². The lowest BCUT2D eigenvalue weighted by atomic mass is 9.66. The fourth-order valence-electron chi connectivity index (χ4n) is 7.80. The third-order valence-electron chi connectivity index (χ3n) is 9.79. The highest BCUT2D eigenvalue weighted by atomic mass is 16.7. The summed E-state index contributed by atoms with van der Waals surface area (Å²) in [6.07, 6.45) is 2.26. The largest absolute Gasteiger partial charge is 0.507 e. The summed E-state index contributed by atoms with van der Waals surface area (Å²) in [5, 5.41) is 11.7. The Balaban J connectivity index is 1.28. The molecule has 0 unspecified atom stereocenters. The topological polar surface area (TPSA) is 151 Å². The van der Waals surface area contributed by atoms with Crippen LogP contribution in [0.3, 0.4) is 0 Å². The Morgan fingerprint density at radius 2 is 1.83 bits per heavy atom. The molecule has 4 atom stereocenters. The van der Waals surface area contributed by atoms with Crippen molar-refractivity contribution < 1.29 is 28.5 Å². The number of epoxide rings is 1. The monoisotopic (exact) mass is 560 g/mol. The lowest BCUT2D eigenvalue weighted by Crippen LogP contribution is -2.53. The number of phenols is 1. The van der Waals surface area contributed by atoms with Crippen LogP contribution in [-0.2, 0) is 20.7 Å². The van der Waals surface area contributed by atoms with E-state index in [1.807, 2.05) is 38.1 Å². The van der Waals surface area contributed by atoms with E-state index < -0.39 is 23.5 Å². The molecule has 1 aromatic heterocycles. The van der Waals surface area contributed by atoms with E-state index in [0.717, 1.165) is 36.8 Å². The molecule has 8 rings (SSSR count). The summed E-state index contributed by atoms with van der Waals surface area (Å²) in [4.78, 5) is 27.1. The Labute approximate surface area is 237 Å². The minimum absolute atomic E-state index is 0.0278. The Morgan fingerprint density at radius 3 is 2.56 bits per heavy atom. The van der Waals surface area contributed by atoms with Crippen molar-refractivity contribution >= 4 is 16.9 Å². The van der Waals surface area contributed by atoms with Crippen LogP contribution >= 0.6 is 0 Å². The van der Waals surface area contributed by atoms with Gasteiger partial charge in [0.1, 0.15) is 46.0 Å². The third-order valence-corrected chi connectivity index (χ3v) is 9.79. The number of aryl methyl sites for hydroxylation is 1. The van der Waals surface area contributed by atoms with Gasteiger partial charge >= 0.3 is 5.97 Å². The minimum atomic E-state index is -1.03. The van der Waals surface area contributed by atoms with Crippen molar-refractivity contribution in [3.05, 3.63) is 69.1 Å². The van der Waals surface area contributed by atoms with Crippen molar-refractivity contribution in [1.29, 1.82) is 0 Å². The van der Waals surface area contributed by atoms with Crippen LogP contribution in [0.15, 0.2) is 45.6 Å². The van der Waals surface area contributed by atoms with E-state index in [9.17, 15) is 14.7 Å². The molecule has 9 nitrogen and oxygen atoms in total. The average Bonchev–Trinajstić information content (AvgIpc) is 3.61. The Kier molecular flexibility index (Phi) is 5.85. The molecule has 4 fully saturated rings. The Hall–Kier alpha value is -3.40. The van der Waals surface area contributed by atoms with Gasteiger partial charge in [-0.3, -0.25) is 4.79 Å². The SMILES string of the molecule is Cc1cc(=O)c2c(O)c3c(cc2o1)OC(C)(C)[C@@H]1OC(=O)[C@@]2(O[C@@H]2Cc2cccc(C(N)N)c2)C2CCC(CC2)[C@@H]31. The summed E-state index contributed by atoms with van der Waals surface area (Å²) in [7, 11) is 0. The van der Waals surface area contributed by atoms with E-state index in [1.54, 1.807) is 13.0 Å². The molecule has 216 valence electrons. The van der Waals surface area contributed by atoms with Crippen molar-refractivity contribution in [2.75, 3.05) is 0 Å². The zero-order chi connectivity index (χ0) is 28.8. The number of esters is 1. The zero-order valence-corrected chi connectivity index (χ0v) is 23.5. The van der Waals surface area contributed by atoms with Crippen molar-refractivity contribution in [1.82, 2.24) is 0 Å². The highest BCUT2D eigenvalue weighted by molar-refractivity contribution is 5.88. The Morgan fingerprint density at radius 1 is 1.07 bits per heavy atom. The molecule has 2 bridgehead atoms. The quantitative estimate of drug-likeness (QED) is 0.244. The number of benzene rings is 2. The maximum absolute atomic E-state index is 14.1. The molecule has 9 heteroatoms. The molecular weight excluding hydrogens is 524 g/mol. The molecule has 41 heavy (non-hydrogen) atoms. The molecule has 0 amide bonds. The smallest absolute Gasteiger partial charge is 0.341 e. The van der Waals surface area contributed by atoms with E-state index in [2.05, 4.69) is 0 Å². The molecule has 5 aliphatic rings. The number of hydrogen-bond donors (Lipinski definition) is 3. The number of fused-ring (bicyclic) bond motifs is 5. The molecule has 0 radical (unpaired) electrons. The first-order valence-electron chi connectivity index (χ1n) is 14.5. The Bertz CT molecular complexity index is 1620. The zero-order valence-electron chi connectivity index (χ0n) is 23.5. The molecule has 5 N–H and O–H groups in total. The minimum Gasteiger partial charge on any atom is -0.507 e. The normalized spacial score (nSPS) is 31.6. The van der Waals surface area contributed by atoms with Crippen molar-refractivity contribution in [2.24, 2.45) is 23.3 Å². The van der Waals surface area contributed by atoms with Gasteiger partial charge in [-0.05, 0) is 63.5 Å². The number of hydrogen-bond acceptors (Lipinski definition) is 9. The molecular formula is C32H36N2O7. The van der Waals surface area contributed by atoms with Gasteiger partial charge in [0.2, 0.25) is 0 Å². The molecule has 2 aromatic carbocycles. The number of phenolic OH excluding ortho intramolecular Hbond substituents is 1. The fraction of sp³-hybridized carbons (Fsp3) is 0.500. The van der Waals surface area contributed by atoms with E-state index in [4.69, 9.17) is 30.1 Å². The van der Waals surface area contributed by atoms with Crippen LogP contribution in [0.4, 0.5) is 0 Å². The molecule has 4 aliphatic heterocycles. The summed E-state index contributed by atoms with van der Waals surface area (Å²) in [6, 6.07) is 10.8. The fourth-order valence-corrected chi connectivity index (χ4v) is 7.80. The summed E-state index contributed by atoms with van der Waals surface area (Å²) in [6.45, 7) is 5.50. The highest BCUT2D eigenvalue weighted by Gasteiger charge is 2.70. The van der Waals surface area contributed by atoms with Crippen LogP contribution in [0.2, 0.25) is 0 Å². The summed E-state index contributed by atoms with van der Waals surface area (Å²) < 4.78 is 25.0. The molecule has 1 aliphatic carbocycles. The number of carbonyl (C=O) groups excluding carboxylic acids is 1. The molecule has 1 saturated carbocycles. The van der Waals surface area contributed by atoms with Gasteiger partial charge in [0.25, 0.3) is 0 Å². The van der Waals surface area contributed by atoms with Crippen molar-refractivity contribution in [3.8, 4) is 11.5 Å². The van der Waals surface area contributed by atoms with E-state index >= 15 is 0 Å². The van der Waals surface area contributed by atoms with Gasteiger partial charge in [0.05, 0.1) is 6.17 Å². The number of aromatic hydroxyl groups is 1. The first kappa shape index (κ1) is 26.5. The summed E-state index contributed by atoms with van der Waals surface area (Å²) in [5.74, 6) is 0.183. The second-order valence-corrected chi connectivity index (χ2v) is 12.8. The molecule has 3 aromatic rings. The van der Waals surface area contributed by atoms with Crippen LogP contribution in [-0.4, -0.2) is 34.5 Å². The van der Waals surface area contributed by atoms with Crippen LogP contribution in [0.1, 0.15) is 74.1 Å². The average molecular weight is 561 g/mol. The van der Waals surface area contributed by atoms with Gasteiger partial charge in [0.15, 0.2) is 11.0 Å². The van der Waals surface area contributed by atoms with Gasteiger partial charge in [-0.2, -0.15) is 0 Å². The number of carbonyl (C=O) groups is 1. The molecule has 1 spiro atoms. The van der Waals surface area contributed by atoms with Crippen LogP contribution in [0.5, 0.6) is 11.5 Å². The van der Waals surface area contributed by atoms with Gasteiger partial charge in [-0.1, -0.05) is 24.3 Å². The van der Waals surface area contributed by atoms with Crippen molar-refractivity contribution in [3.63, 3.8) is 0 Å². The summed E-state index contributed by atoms with van der Waals surface area (Å²) in [5.41, 5.74) is 12.2. The van der Waals surface area contributed by atoms with Crippen molar-refractivity contribution in [2.45, 2.75) is 88.4 Å². The maximum atomic E-state index is 14.1. The van der Waals surface area contributed by atoms with Crippen LogP contribution < -0.4 is 21.6 Å². The molecule has 3 saturated heterocycles. The predicted molar refractivity (Wildman–Crippen MR) is 151 cm³/mol. The second-order valence-electron chi connectivity index (χ2n) is 12.8. The lowest BCUT2D eigenvalue weighted by Gasteiger charge is -2.47. The van der Waals surface area contributed by atoms with E-state index in [0.29, 0.717) is 23.5 Å². The molecule has 5 heterocycles. The van der Waals surface area contributed by atoms with Gasteiger partial charge in [-0.25, -0.2) is 4.79 Å². The number of nitrogens with two attached hydrogens (primary N) is 2. The number of rotatable bonds is 3. The number of ether oxygens (including phenoxy) is 3. The van der Waals surface area contributed by atoms with Gasteiger partial charge in [-0.15, -0.1) is 0 Å². The third kappa shape index (κ3) is 4.00. The van der Waals surface area contributed by atoms with Crippen LogP contribution in [0, 0.1) is 18.8 Å². The second kappa shape index (κ2) is 9.05. The first-order valence-corrected chi connectivity index (χ1v) is 14.5. The first-order chi connectivity index (χ1) is 19.5.